The lowest BCUT2D eigenvalue weighted by molar-refractivity contribution is -0.162. The number of nitrogens with zero attached hydrogens (tertiary/aromatic N) is 1. The molecule has 0 unspecified atom stereocenters. The lowest BCUT2D eigenvalue weighted by Gasteiger charge is -2.49. The molecule has 0 spiro atoms. The summed E-state index contributed by atoms with van der Waals surface area (Å²) in [4.78, 5) is 13.4. The molecule has 3 aromatic rings. The van der Waals surface area contributed by atoms with Gasteiger partial charge in [-0.05, 0) is 48.7 Å². The summed E-state index contributed by atoms with van der Waals surface area (Å²) >= 11 is 0. The summed E-state index contributed by atoms with van der Waals surface area (Å²) in [6.45, 7) is 4.08. The highest BCUT2D eigenvalue weighted by Crippen LogP contribution is 2.47. The number of ether oxygens (including phenoxy) is 1. The number of fused-ring (bicyclic) bond motifs is 1. The van der Waals surface area contributed by atoms with E-state index >= 15 is 0 Å². The van der Waals surface area contributed by atoms with Crippen LogP contribution in [0.4, 0.5) is 0 Å². The molecule has 1 atom stereocenters. The van der Waals surface area contributed by atoms with Crippen LogP contribution in [0.2, 0.25) is 0 Å². The van der Waals surface area contributed by atoms with E-state index < -0.39 is 21.5 Å². The van der Waals surface area contributed by atoms with Crippen LogP contribution < -0.4 is 0 Å². The standard InChI is InChI=1S/C23H23NO4S/c1-3-28-22(25)23(21-10-6-8-18-7-4-5-9-20(18)21)15-16-24(23)29(26,27)19-13-11-17(2)12-14-19/h4-14H,3,15-16H2,1-2H3/t23-/m1/s1. The summed E-state index contributed by atoms with van der Waals surface area (Å²) in [5.41, 5.74) is 0.273. The van der Waals surface area contributed by atoms with Crippen LogP contribution in [0, 0.1) is 6.92 Å². The molecule has 1 saturated heterocycles. The lowest BCUT2D eigenvalue weighted by Crippen LogP contribution is -2.64. The van der Waals surface area contributed by atoms with Gasteiger partial charge in [-0.25, -0.2) is 13.2 Å². The molecular weight excluding hydrogens is 386 g/mol. The van der Waals surface area contributed by atoms with Gasteiger partial charge in [0.05, 0.1) is 11.5 Å². The fraction of sp³-hybridized carbons (Fsp3) is 0.261. The van der Waals surface area contributed by atoms with Gasteiger partial charge in [-0.1, -0.05) is 60.2 Å². The van der Waals surface area contributed by atoms with Gasteiger partial charge in [0.25, 0.3) is 0 Å². The predicted molar refractivity (Wildman–Crippen MR) is 112 cm³/mol. The topological polar surface area (TPSA) is 63.7 Å². The minimum atomic E-state index is -3.87. The van der Waals surface area contributed by atoms with E-state index in [-0.39, 0.29) is 18.0 Å². The van der Waals surface area contributed by atoms with Crippen LogP contribution in [0.3, 0.4) is 0 Å². The highest BCUT2D eigenvalue weighted by Gasteiger charge is 2.59. The molecular formula is C23H23NO4S. The number of carbonyl (C=O) groups excluding carboxylic acids is 1. The fourth-order valence-electron chi connectivity index (χ4n) is 4.01. The van der Waals surface area contributed by atoms with E-state index in [0.717, 1.165) is 16.3 Å². The fourth-order valence-corrected chi connectivity index (χ4v) is 5.75. The van der Waals surface area contributed by atoms with Crippen LogP contribution in [-0.2, 0) is 25.1 Å². The predicted octanol–water partition coefficient (Wildman–Crippen LogP) is 4.00. The summed E-state index contributed by atoms with van der Waals surface area (Å²) in [6.07, 6.45) is 0.380. The first-order chi connectivity index (χ1) is 13.9. The molecule has 4 rings (SSSR count). The molecule has 5 nitrogen and oxygen atoms in total. The van der Waals surface area contributed by atoms with Gasteiger partial charge in [0, 0.05) is 6.54 Å². The quantitative estimate of drug-likeness (QED) is 0.598. The second-order valence-electron chi connectivity index (χ2n) is 7.25. The average molecular weight is 410 g/mol. The molecule has 6 heteroatoms. The van der Waals surface area contributed by atoms with Crippen LogP contribution >= 0.6 is 0 Å². The normalized spacial score (nSPS) is 19.7. The van der Waals surface area contributed by atoms with Crippen LogP contribution in [0.25, 0.3) is 10.8 Å². The Morgan fingerprint density at radius 2 is 1.72 bits per heavy atom. The van der Waals surface area contributed by atoms with Crippen molar-refractivity contribution in [3.63, 3.8) is 0 Å². The monoisotopic (exact) mass is 409 g/mol. The largest absolute Gasteiger partial charge is 0.464 e. The molecule has 0 bridgehead atoms. The van der Waals surface area contributed by atoms with Gasteiger partial charge in [-0.3, -0.25) is 0 Å². The zero-order valence-corrected chi connectivity index (χ0v) is 17.3. The number of hydrogen-bond acceptors (Lipinski definition) is 4. The van der Waals surface area contributed by atoms with Gasteiger partial charge in [0.2, 0.25) is 10.0 Å². The second-order valence-corrected chi connectivity index (χ2v) is 9.11. The van der Waals surface area contributed by atoms with Crippen LogP contribution in [0.15, 0.2) is 71.6 Å². The molecule has 0 aromatic heterocycles. The molecule has 1 heterocycles. The summed E-state index contributed by atoms with van der Waals surface area (Å²) in [5.74, 6) is -0.529. The third kappa shape index (κ3) is 3.03. The molecule has 0 saturated carbocycles. The number of benzene rings is 3. The zero-order chi connectivity index (χ0) is 20.6. The van der Waals surface area contributed by atoms with E-state index in [0.29, 0.717) is 12.0 Å². The highest BCUT2D eigenvalue weighted by atomic mass is 32.2. The Bertz CT molecular complexity index is 1170. The van der Waals surface area contributed by atoms with Crippen LogP contribution in [0.5, 0.6) is 0 Å². The van der Waals surface area contributed by atoms with Crippen molar-refractivity contribution in [3.05, 3.63) is 77.9 Å². The first-order valence-corrected chi connectivity index (χ1v) is 11.1. The first kappa shape index (κ1) is 19.6. The number of esters is 1. The smallest absolute Gasteiger partial charge is 0.332 e. The van der Waals surface area contributed by atoms with E-state index in [2.05, 4.69) is 0 Å². The summed E-state index contributed by atoms with van der Waals surface area (Å²) in [7, 11) is -3.87. The van der Waals surface area contributed by atoms with E-state index in [1.165, 1.54) is 4.31 Å². The molecule has 3 aromatic carbocycles. The molecule has 1 aliphatic heterocycles. The molecule has 0 N–H and O–H groups in total. The van der Waals surface area contributed by atoms with Crippen molar-refractivity contribution in [1.29, 1.82) is 0 Å². The summed E-state index contributed by atoms with van der Waals surface area (Å²) in [6, 6.07) is 20.0. The van der Waals surface area contributed by atoms with Gasteiger partial charge >= 0.3 is 5.97 Å². The Labute approximate surface area is 171 Å². The molecule has 0 radical (unpaired) electrons. The Morgan fingerprint density at radius 1 is 1.03 bits per heavy atom. The number of rotatable bonds is 5. The van der Waals surface area contributed by atoms with E-state index in [1.54, 1.807) is 31.2 Å². The molecule has 1 aliphatic rings. The van der Waals surface area contributed by atoms with Crippen molar-refractivity contribution < 1.29 is 17.9 Å². The van der Waals surface area contributed by atoms with Gasteiger partial charge in [-0.2, -0.15) is 4.31 Å². The van der Waals surface area contributed by atoms with Gasteiger partial charge in [0.15, 0.2) is 5.54 Å². The Kier molecular flexibility index (Phi) is 4.92. The maximum absolute atomic E-state index is 13.5. The number of carbonyl (C=O) groups is 1. The van der Waals surface area contributed by atoms with E-state index in [1.807, 2.05) is 49.4 Å². The van der Waals surface area contributed by atoms with Crippen molar-refractivity contribution in [2.24, 2.45) is 0 Å². The minimum absolute atomic E-state index is 0.178. The Morgan fingerprint density at radius 3 is 2.38 bits per heavy atom. The highest BCUT2D eigenvalue weighted by molar-refractivity contribution is 7.89. The van der Waals surface area contributed by atoms with Crippen molar-refractivity contribution >= 4 is 26.8 Å². The average Bonchev–Trinajstić information content (AvgIpc) is 2.68. The first-order valence-electron chi connectivity index (χ1n) is 9.66. The number of aryl methyl sites for hydroxylation is 1. The molecule has 0 amide bonds. The van der Waals surface area contributed by atoms with E-state index in [4.69, 9.17) is 4.74 Å². The summed E-state index contributed by atoms with van der Waals surface area (Å²) < 4.78 is 33.6. The van der Waals surface area contributed by atoms with Crippen molar-refractivity contribution in [1.82, 2.24) is 4.31 Å². The minimum Gasteiger partial charge on any atom is -0.464 e. The van der Waals surface area contributed by atoms with Gasteiger partial charge in [0.1, 0.15) is 0 Å². The SMILES string of the molecule is CCOC(=O)[C@]1(c2cccc3ccccc23)CCN1S(=O)(=O)c1ccc(C)cc1. The summed E-state index contributed by atoms with van der Waals surface area (Å²) in [5, 5.41) is 1.81. The third-order valence-corrected chi connectivity index (χ3v) is 7.50. The number of sulfonamides is 1. The zero-order valence-electron chi connectivity index (χ0n) is 16.5. The third-order valence-electron chi connectivity index (χ3n) is 5.56. The molecule has 0 aliphatic carbocycles. The maximum Gasteiger partial charge on any atom is 0.332 e. The van der Waals surface area contributed by atoms with Crippen molar-refractivity contribution in [2.45, 2.75) is 30.7 Å². The second kappa shape index (κ2) is 7.28. The van der Waals surface area contributed by atoms with Gasteiger partial charge < -0.3 is 4.74 Å². The van der Waals surface area contributed by atoms with Crippen LogP contribution in [-0.4, -0.2) is 31.8 Å². The van der Waals surface area contributed by atoms with Gasteiger partial charge in [-0.15, -0.1) is 0 Å². The molecule has 1 fully saturated rings. The molecule has 29 heavy (non-hydrogen) atoms. The lowest BCUT2D eigenvalue weighted by atomic mass is 9.78. The maximum atomic E-state index is 13.5. The van der Waals surface area contributed by atoms with Crippen molar-refractivity contribution in [2.75, 3.05) is 13.2 Å². The molecule has 150 valence electrons. The number of hydrogen-bond donors (Lipinski definition) is 0. The van der Waals surface area contributed by atoms with Crippen molar-refractivity contribution in [3.8, 4) is 0 Å². The Hall–Kier alpha value is -2.70. The van der Waals surface area contributed by atoms with E-state index in [9.17, 15) is 13.2 Å². The Balaban J connectivity index is 1.91. The van der Waals surface area contributed by atoms with Crippen LogP contribution in [0.1, 0.15) is 24.5 Å².